The maximum Gasteiger partial charge on any atom is 0.325 e. The molecule has 0 radical (unpaired) electrons. The summed E-state index contributed by atoms with van der Waals surface area (Å²) in [5.74, 6) is -0.0365. The van der Waals surface area contributed by atoms with Crippen LogP contribution in [0, 0.1) is 0 Å². The predicted octanol–water partition coefficient (Wildman–Crippen LogP) is 2.09. The molecule has 0 aromatic heterocycles. The summed E-state index contributed by atoms with van der Waals surface area (Å²) in [6.45, 7) is 0. The Morgan fingerprint density at radius 2 is 1.89 bits per heavy atom. The van der Waals surface area contributed by atoms with Gasteiger partial charge in [0.2, 0.25) is 0 Å². The van der Waals surface area contributed by atoms with E-state index >= 15 is 0 Å². The molecule has 1 aromatic carbocycles. The van der Waals surface area contributed by atoms with Crippen LogP contribution >= 0.6 is 0 Å². The molecule has 1 atom stereocenters. The van der Waals surface area contributed by atoms with Crippen molar-refractivity contribution in [1.29, 1.82) is 0 Å². The van der Waals surface area contributed by atoms with Crippen molar-refractivity contribution < 1.29 is 9.59 Å². The van der Waals surface area contributed by atoms with Crippen LogP contribution in [0.15, 0.2) is 30.3 Å². The highest BCUT2D eigenvalue weighted by atomic mass is 16.2. The quantitative estimate of drug-likeness (QED) is 0.841. The highest BCUT2D eigenvalue weighted by Gasteiger charge is 2.43. The highest BCUT2D eigenvalue weighted by molar-refractivity contribution is 6.04. The van der Waals surface area contributed by atoms with Crippen LogP contribution in [-0.4, -0.2) is 28.9 Å². The van der Waals surface area contributed by atoms with Crippen molar-refractivity contribution >= 4 is 11.9 Å². The SMILES string of the molecule is O=C1NC(CCc2ccccc2)C(=O)N1C1CCC1. The first kappa shape index (κ1) is 12.2. The lowest BCUT2D eigenvalue weighted by Gasteiger charge is -2.32. The number of carbonyl (C=O) groups is 2. The third kappa shape index (κ3) is 2.35. The summed E-state index contributed by atoms with van der Waals surface area (Å²) in [7, 11) is 0. The topological polar surface area (TPSA) is 49.4 Å². The number of hydrogen-bond donors (Lipinski definition) is 1. The number of nitrogens with zero attached hydrogens (tertiary/aromatic N) is 1. The fourth-order valence-electron chi connectivity index (χ4n) is 2.69. The molecule has 1 aliphatic carbocycles. The van der Waals surface area contributed by atoms with Gasteiger partial charge in [0.1, 0.15) is 6.04 Å². The number of aryl methyl sites for hydroxylation is 1. The van der Waals surface area contributed by atoms with E-state index in [1.165, 1.54) is 10.5 Å². The minimum atomic E-state index is -0.340. The Bertz CT molecular complexity index is 482. The van der Waals surface area contributed by atoms with Crippen LogP contribution in [0.4, 0.5) is 4.79 Å². The maximum absolute atomic E-state index is 12.2. The molecule has 1 unspecified atom stereocenters. The number of nitrogens with one attached hydrogen (secondary N) is 1. The minimum Gasteiger partial charge on any atom is -0.326 e. The van der Waals surface area contributed by atoms with Crippen molar-refractivity contribution in [2.45, 2.75) is 44.2 Å². The van der Waals surface area contributed by atoms with E-state index in [2.05, 4.69) is 5.32 Å². The van der Waals surface area contributed by atoms with Gasteiger partial charge in [-0.1, -0.05) is 30.3 Å². The number of amides is 3. The summed E-state index contributed by atoms with van der Waals surface area (Å²) in [4.78, 5) is 25.5. The number of benzene rings is 1. The van der Waals surface area contributed by atoms with Crippen LogP contribution in [0.1, 0.15) is 31.2 Å². The van der Waals surface area contributed by atoms with Crippen molar-refractivity contribution in [2.75, 3.05) is 0 Å². The number of hydrogen-bond acceptors (Lipinski definition) is 2. The molecular weight excluding hydrogens is 240 g/mol. The Balaban J connectivity index is 1.60. The summed E-state index contributed by atoms with van der Waals surface area (Å²) >= 11 is 0. The average molecular weight is 258 g/mol. The van der Waals surface area contributed by atoms with Gasteiger partial charge in [-0.3, -0.25) is 9.69 Å². The van der Waals surface area contributed by atoms with E-state index in [1.807, 2.05) is 30.3 Å². The van der Waals surface area contributed by atoms with E-state index in [-0.39, 0.29) is 24.0 Å². The second-order valence-corrected chi connectivity index (χ2v) is 5.32. The molecule has 3 rings (SSSR count). The molecule has 1 heterocycles. The first-order valence-electron chi connectivity index (χ1n) is 6.93. The fraction of sp³-hybridized carbons (Fsp3) is 0.467. The molecule has 0 bridgehead atoms. The normalized spacial score (nSPS) is 23.4. The number of carbonyl (C=O) groups excluding carboxylic acids is 2. The van der Waals surface area contributed by atoms with Crippen molar-refractivity contribution in [1.82, 2.24) is 10.2 Å². The molecule has 1 aliphatic heterocycles. The van der Waals surface area contributed by atoms with Crippen LogP contribution in [-0.2, 0) is 11.2 Å². The molecule has 19 heavy (non-hydrogen) atoms. The molecule has 4 heteroatoms. The smallest absolute Gasteiger partial charge is 0.325 e. The van der Waals surface area contributed by atoms with Crippen molar-refractivity contribution in [3.63, 3.8) is 0 Å². The Labute approximate surface area is 112 Å². The lowest BCUT2D eigenvalue weighted by atomic mass is 9.91. The van der Waals surface area contributed by atoms with Crippen molar-refractivity contribution in [3.8, 4) is 0 Å². The zero-order chi connectivity index (χ0) is 13.2. The Morgan fingerprint density at radius 3 is 2.53 bits per heavy atom. The van der Waals surface area contributed by atoms with Gasteiger partial charge in [-0.05, 0) is 37.7 Å². The van der Waals surface area contributed by atoms with Crippen molar-refractivity contribution in [3.05, 3.63) is 35.9 Å². The second-order valence-electron chi connectivity index (χ2n) is 5.32. The third-order valence-corrected chi connectivity index (χ3v) is 4.06. The van der Waals surface area contributed by atoms with E-state index in [4.69, 9.17) is 0 Å². The summed E-state index contributed by atoms with van der Waals surface area (Å²) in [5, 5.41) is 2.81. The van der Waals surface area contributed by atoms with Crippen LogP contribution < -0.4 is 5.32 Å². The lowest BCUT2D eigenvalue weighted by Crippen LogP contribution is -2.44. The molecule has 2 fully saturated rings. The maximum atomic E-state index is 12.2. The van der Waals surface area contributed by atoms with Crippen LogP contribution in [0.2, 0.25) is 0 Å². The molecule has 1 aromatic rings. The van der Waals surface area contributed by atoms with Crippen LogP contribution in [0.3, 0.4) is 0 Å². The van der Waals surface area contributed by atoms with Crippen LogP contribution in [0.25, 0.3) is 0 Å². The van der Waals surface area contributed by atoms with Gasteiger partial charge >= 0.3 is 6.03 Å². The average Bonchev–Trinajstić information content (AvgIpc) is 2.64. The summed E-state index contributed by atoms with van der Waals surface area (Å²) in [6.07, 6.45) is 4.54. The molecule has 3 amide bonds. The molecule has 4 nitrogen and oxygen atoms in total. The number of urea groups is 1. The van der Waals surface area contributed by atoms with E-state index < -0.39 is 0 Å². The van der Waals surface area contributed by atoms with Gasteiger partial charge in [0, 0.05) is 6.04 Å². The highest BCUT2D eigenvalue weighted by Crippen LogP contribution is 2.28. The zero-order valence-electron chi connectivity index (χ0n) is 10.8. The van der Waals surface area contributed by atoms with Gasteiger partial charge in [0.15, 0.2) is 0 Å². The van der Waals surface area contributed by atoms with E-state index in [0.717, 1.165) is 25.7 Å². The first-order valence-corrected chi connectivity index (χ1v) is 6.93. The second kappa shape index (κ2) is 5.03. The molecule has 2 aliphatic rings. The molecule has 1 saturated heterocycles. The molecular formula is C15H18N2O2. The third-order valence-electron chi connectivity index (χ3n) is 4.06. The molecule has 1 N–H and O–H groups in total. The number of rotatable bonds is 4. The largest absolute Gasteiger partial charge is 0.326 e. The standard InChI is InChI=1S/C15H18N2O2/c18-14-13(10-9-11-5-2-1-3-6-11)16-15(19)17(14)12-7-4-8-12/h1-3,5-6,12-13H,4,7-10H2,(H,16,19). The van der Waals surface area contributed by atoms with E-state index in [0.29, 0.717) is 6.42 Å². The molecule has 1 saturated carbocycles. The minimum absolute atomic E-state index is 0.0365. The van der Waals surface area contributed by atoms with Gasteiger partial charge in [-0.15, -0.1) is 0 Å². The van der Waals surface area contributed by atoms with Crippen LogP contribution in [0.5, 0.6) is 0 Å². The molecule has 0 spiro atoms. The number of imide groups is 1. The van der Waals surface area contributed by atoms with Gasteiger partial charge in [0.05, 0.1) is 0 Å². The lowest BCUT2D eigenvalue weighted by molar-refractivity contribution is -0.130. The monoisotopic (exact) mass is 258 g/mol. The fourth-order valence-corrected chi connectivity index (χ4v) is 2.69. The van der Waals surface area contributed by atoms with Gasteiger partial charge in [-0.2, -0.15) is 0 Å². The summed E-state index contributed by atoms with van der Waals surface area (Å²) < 4.78 is 0. The molecule has 100 valence electrons. The summed E-state index contributed by atoms with van der Waals surface area (Å²) in [5.41, 5.74) is 1.20. The van der Waals surface area contributed by atoms with Gasteiger partial charge in [0.25, 0.3) is 5.91 Å². The zero-order valence-corrected chi connectivity index (χ0v) is 10.8. The Hall–Kier alpha value is -1.84. The predicted molar refractivity (Wildman–Crippen MR) is 71.6 cm³/mol. The Morgan fingerprint density at radius 1 is 1.16 bits per heavy atom. The Kier molecular flexibility index (Phi) is 3.23. The van der Waals surface area contributed by atoms with Gasteiger partial charge < -0.3 is 5.32 Å². The van der Waals surface area contributed by atoms with E-state index in [1.54, 1.807) is 0 Å². The van der Waals surface area contributed by atoms with Gasteiger partial charge in [-0.25, -0.2) is 4.79 Å². The first-order chi connectivity index (χ1) is 9.25. The van der Waals surface area contributed by atoms with Crippen molar-refractivity contribution in [2.24, 2.45) is 0 Å². The summed E-state index contributed by atoms with van der Waals surface area (Å²) in [6, 6.07) is 9.66. The van der Waals surface area contributed by atoms with E-state index in [9.17, 15) is 9.59 Å².